The van der Waals surface area contributed by atoms with Crippen LogP contribution in [0.15, 0.2) is 18.5 Å². The zero-order valence-corrected chi connectivity index (χ0v) is 8.10. The van der Waals surface area contributed by atoms with E-state index in [1.54, 1.807) is 18.5 Å². The Hall–Kier alpha value is -1.42. The summed E-state index contributed by atoms with van der Waals surface area (Å²) >= 11 is 0. The Morgan fingerprint density at radius 3 is 2.93 bits per heavy atom. The molecule has 1 aromatic heterocycles. The number of carbonyl (C=O) groups is 1. The Morgan fingerprint density at radius 2 is 2.36 bits per heavy atom. The van der Waals surface area contributed by atoms with Gasteiger partial charge in [0.05, 0.1) is 6.42 Å². The van der Waals surface area contributed by atoms with Crippen molar-refractivity contribution in [2.75, 3.05) is 0 Å². The molecular weight excluding hydrogens is 180 g/mol. The maximum atomic E-state index is 10.5. The highest BCUT2D eigenvalue weighted by Gasteiger charge is 2.06. The first kappa shape index (κ1) is 10.7. The lowest BCUT2D eigenvalue weighted by molar-refractivity contribution is -0.136. The fourth-order valence-electron chi connectivity index (χ4n) is 1.22. The van der Waals surface area contributed by atoms with Gasteiger partial charge >= 0.3 is 5.97 Å². The SMILES string of the molecule is CC[C@@H](N)c1cncc(CC(=O)O)c1. The van der Waals surface area contributed by atoms with E-state index in [1.165, 1.54) is 0 Å². The highest BCUT2D eigenvalue weighted by Crippen LogP contribution is 2.13. The van der Waals surface area contributed by atoms with E-state index in [1.807, 2.05) is 6.92 Å². The predicted molar refractivity (Wildman–Crippen MR) is 52.8 cm³/mol. The number of aliphatic carboxylic acids is 1. The van der Waals surface area contributed by atoms with E-state index in [4.69, 9.17) is 10.8 Å². The van der Waals surface area contributed by atoms with Crippen LogP contribution >= 0.6 is 0 Å². The number of aromatic nitrogens is 1. The average Bonchev–Trinajstić information content (AvgIpc) is 2.16. The second kappa shape index (κ2) is 4.72. The van der Waals surface area contributed by atoms with Gasteiger partial charge in [0.25, 0.3) is 0 Å². The van der Waals surface area contributed by atoms with E-state index >= 15 is 0 Å². The monoisotopic (exact) mass is 194 g/mol. The van der Waals surface area contributed by atoms with Gasteiger partial charge in [0, 0.05) is 18.4 Å². The van der Waals surface area contributed by atoms with Gasteiger partial charge in [-0.2, -0.15) is 0 Å². The Bertz CT molecular complexity index is 326. The van der Waals surface area contributed by atoms with Crippen molar-refractivity contribution in [3.63, 3.8) is 0 Å². The molecule has 0 aromatic carbocycles. The summed E-state index contributed by atoms with van der Waals surface area (Å²) in [5.41, 5.74) is 7.39. The number of carboxylic acids is 1. The molecule has 0 fully saturated rings. The first-order valence-corrected chi connectivity index (χ1v) is 4.54. The summed E-state index contributed by atoms with van der Waals surface area (Å²) in [5.74, 6) is -0.853. The van der Waals surface area contributed by atoms with Crippen LogP contribution in [-0.2, 0) is 11.2 Å². The van der Waals surface area contributed by atoms with E-state index in [-0.39, 0.29) is 12.5 Å². The molecule has 1 aromatic rings. The molecule has 1 atom stereocenters. The minimum absolute atomic E-state index is 0.00270. The molecule has 14 heavy (non-hydrogen) atoms. The molecule has 0 aliphatic carbocycles. The van der Waals surface area contributed by atoms with Gasteiger partial charge in [-0.1, -0.05) is 13.0 Å². The Morgan fingerprint density at radius 1 is 1.64 bits per heavy atom. The minimum Gasteiger partial charge on any atom is -0.481 e. The van der Waals surface area contributed by atoms with Crippen molar-refractivity contribution >= 4 is 5.97 Å². The summed E-state index contributed by atoms with van der Waals surface area (Å²) in [5, 5.41) is 8.59. The van der Waals surface area contributed by atoms with Gasteiger partial charge in [0.15, 0.2) is 0 Å². The molecule has 0 unspecified atom stereocenters. The lowest BCUT2D eigenvalue weighted by atomic mass is 10.0. The molecule has 0 aliphatic heterocycles. The van der Waals surface area contributed by atoms with Crippen molar-refractivity contribution in [2.24, 2.45) is 5.73 Å². The summed E-state index contributed by atoms with van der Waals surface area (Å²) in [7, 11) is 0. The third-order valence-corrected chi connectivity index (χ3v) is 2.04. The first-order chi connectivity index (χ1) is 6.63. The van der Waals surface area contributed by atoms with Crippen LogP contribution < -0.4 is 5.73 Å². The molecule has 4 nitrogen and oxygen atoms in total. The highest BCUT2D eigenvalue weighted by molar-refractivity contribution is 5.70. The number of hydrogen-bond donors (Lipinski definition) is 2. The number of pyridine rings is 1. The molecule has 0 radical (unpaired) electrons. The van der Waals surface area contributed by atoms with Crippen LogP contribution in [0.4, 0.5) is 0 Å². The summed E-state index contributed by atoms with van der Waals surface area (Å²) in [4.78, 5) is 14.4. The molecule has 76 valence electrons. The predicted octanol–water partition coefficient (Wildman–Crippen LogP) is 1.12. The van der Waals surface area contributed by atoms with Gasteiger partial charge in [-0.25, -0.2) is 0 Å². The van der Waals surface area contributed by atoms with Gasteiger partial charge in [-0.3, -0.25) is 9.78 Å². The molecule has 0 saturated carbocycles. The van der Waals surface area contributed by atoms with Crippen LogP contribution in [0, 0.1) is 0 Å². The van der Waals surface area contributed by atoms with Gasteiger partial charge in [-0.05, 0) is 17.5 Å². The van der Waals surface area contributed by atoms with Crippen LogP contribution in [-0.4, -0.2) is 16.1 Å². The van der Waals surface area contributed by atoms with Crippen LogP contribution in [0.3, 0.4) is 0 Å². The summed E-state index contributed by atoms with van der Waals surface area (Å²) in [6.07, 6.45) is 4.05. The zero-order chi connectivity index (χ0) is 10.6. The van der Waals surface area contributed by atoms with Gasteiger partial charge in [0.2, 0.25) is 0 Å². The molecule has 0 spiro atoms. The van der Waals surface area contributed by atoms with Crippen LogP contribution in [0.5, 0.6) is 0 Å². The topological polar surface area (TPSA) is 76.2 Å². The number of nitrogens with two attached hydrogens (primary N) is 1. The van der Waals surface area contributed by atoms with Gasteiger partial charge in [0.1, 0.15) is 0 Å². The fourth-order valence-corrected chi connectivity index (χ4v) is 1.22. The Kier molecular flexibility index (Phi) is 3.59. The van der Waals surface area contributed by atoms with Crippen molar-refractivity contribution in [1.29, 1.82) is 0 Å². The fraction of sp³-hybridized carbons (Fsp3) is 0.400. The number of hydrogen-bond acceptors (Lipinski definition) is 3. The van der Waals surface area contributed by atoms with E-state index in [0.29, 0.717) is 5.56 Å². The highest BCUT2D eigenvalue weighted by atomic mass is 16.4. The smallest absolute Gasteiger partial charge is 0.307 e. The molecule has 0 saturated heterocycles. The second-order valence-electron chi connectivity index (χ2n) is 3.21. The molecule has 3 N–H and O–H groups in total. The van der Waals surface area contributed by atoms with Gasteiger partial charge < -0.3 is 10.8 Å². The van der Waals surface area contributed by atoms with Crippen LogP contribution in [0.2, 0.25) is 0 Å². The minimum atomic E-state index is -0.853. The molecule has 0 amide bonds. The third kappa shape index (κ3) is 2.81. The standard InChI is InChI=1S/C10H14N2O2/c1-2-9(11)8-3-7(4-10(13)14)5-12-6-8/h3,5-6,9H,2,4,11H2,1H3,(H,13,14)/t9-/m1/s1. The third-order valence-electron chi connectivity index (χ3n) is 2.04. The second-order valence-corrected chi connectivity index (χ2v) is 3.21. The maximum Gasteiger partial charge on any atom is 0.307 e. The molecular formula is C10H14N2O2. The van der Waals surface area contributed by atoms with Gasteiger partial charge in [-0.15, -0.1) is 0 Å². The normalized spacial score (nSPS) is 12.4. The molecule has 0 bridgehead atoms. The van der Waals surface area contributed by atoms with Crippen LogP contribution in [0.1, 0.15) is 30.5 Å². The largest absolute Gasteiger partial charge is 0.481 e. The first-order valence-electron chi connectivity index (χ1n) is 4.54. The quantitative estimate of drug-likeness (QED) is 0.753. The number of rotatable bonds is 4. The lowest BCUT2D eigenvalue weighted by Crippen LogP contribution is -2.10. The number of nitrogens with zero attached hydrogens (tertiary/aromatic N) is 1. The lowest BCUT2D eigenvalue weighted by Gasteiger charge is -2.09. The van der Waals surface area contributed by atoms with Crippen molar-refractivity contribution < 1.29 is 9.90 Å². The van der Waals surface area contributed by atoms with Crippen molar-refractivity contribution in [3.8, 4) is 0 Å². The zero-order valence-electron chi connectivity index (χ0n) is 8.10. The molecule has 0 aliphatic rings. The Labute approximate surface area is 82.8 Å². The maximum absolute atomic E-state index is 10.5. The van der Waals surface area contributed by atoms with Crippen molar-refractivity contribution in [3.05, 3.63) is 29.6 Å². The van der Waals surface area contributed by atoms with E-state index in [9.17, 15) is 4.79 Å². The van der Waals surface area contributed by atoms with Crippen LogP contribution in [0.25, 0.3) is 0 Å². The van der Waals surface area contributed by atoms with E-state index < -0.39 is 5.97 Å². The van der Waals surface area contributed by atoms with E-state index in [0.717, 1.165) is 12.0 Å². The van der Waals surface area contributed by atoms with Crippen molar-refractivity contribution in [1.82, 2.24) is 4.98 Å². The summed E-state index contributed by atoms with van der Waals surface area (Å²) in [6, 6.07) is 1.74. The Balaban J connectivity index is 2.83. The number of carboxylic acid groups (broad SMARTS) is 1. The molecule has 1 heterocycles. The molecule has 1 rings (SSSR count). The summed E-state index contributed by atoms with van der Waals surface area (Å²) in [6.45, 7) is 1.98. The van der Waals surface area contributed by atoms with E-state index in [2.05, 4.69) is 4.98 Å². The molecule has 4 heteroatoms. The average molecular weight is 194 g/mol. The van der Waals surface area contributed by atoms with Crippen molar-refractivity contribution in [2.45, 2.75) is 25.8 Å². The summed E-state index contributed by atoms with van der Waals surface area (Å²) < 4.78 is 0.